The summed E-state index contributed by atoms with van der Waals surface area (Å²) in [6.07, 6.45) is 6.79. The predicted octanol–water partition coefficient (Wildman–Crippen LogP) is 9.07. The lowest BCUT2D eigenvalue weighted by Gasteiger charge is -2.26. The van der Waals surface area contributed by atoms with Crippen molar-refractivity contribution in [2.45, 2.75) is 91.5 Å². The van der Waals surface area contributed by atoms with Crippen LogP contribution < -0.4 is 14.8 Å². The highest BCUT2D eigenvalue weighted by atomic mass is 19.3. The molecule has 7 nitrogen and oxygen atoms in total. The number of Topliss-reactive ketones (excluding diaryl/α,β-unsaturated/α-hetero) is 1. The number of alkyl halides is 2. The van der Waals surface area contributed by atoms with Crippen molar-refractivity contribution in [2.75, 3.05) is 32.8 Å². The van der Waals surface area contributed by atoms with Gasteiger partial charge in [-0.3, -0.25) is 4.79 Å². The second kappa shape index (κ2) is 22.5. The first-order chi connectivity index (χ1) is 23.9. The topological polar surface area (TPSA) is 88.1 Å². The van der Waals surface area contributed by atoms with E-state index in [9.17, 15) is 18.4 Å². The first-order valence-electron chi connectivity index (χ1n) is 17.7. The van der Waals surface area contributed by atoms with Crippen molar-refractivity contribution in [1.29, 1.82) is 0 Å². The summed E-state index contributed by atoms with van der Waals surface area (Å²) >= 11 is 0. The number of nitrogens with zero attached hydrogens (tertiary/aromatic N) is 1. The molecule has 1 aliphatic rings. The van der Waals surface area contributed by atoms with Crippen LogP contribution in [0.1, 0.15) is 86.3 Å². The zero-order chi connectivity index (χ0) is 36.9. The number of likely N-dealkylation sites (tertiary alicyclic amines) is 1. The van der Waals surface area contributed by atoms with E-state index in [1.165, 1.54) is 42.6 Å². The molecule has 1 fully saturated rings. The SMILES string of the molecule is C=C(CCCCC(=O)c1ccc(C)cc1)NC(Cc1ccc(OCCOc2ccc(C)cc2)cc1)CN1CCCC1.CC.CC(F)(F)C(=O)O. The van der Waals surface area contributed by atoms with Crippen LogP contribution in [-0.4, -0.2) is 66.6 Å². The van der Waals surface area contributed by atoms with E-state index in [1.807, 2.05) is 81.4 Å². The molecule has 3 aromatic rings. The molecule has 0 bridgehead atoms. The molecule has 0 amide bonds. The largest absolute Gasteiger partial charge is 0.490 e. The van der Waals surface area contributed by atoms with Crippen LogP contribution in [0.15, 0.2) is 85.1 Å². The van der Waals surface area contributed by atoms with Crippen LogP contribution in [0.25, 0.3) is 0 Å². The van der Waals surface area contributed by atoms with Crippen LogP contribution in [-0.2, 0) is 11.2 Å². The summed E-state index contributed by atoms with van der Waals surface area (Å²) in [5.41, 5.74) is 5.55. The van der Waals surface area contributed by atoms with Gasteiger partial charge in [0.1, 0.15) is 24.7 Å². The summed E-state index contributed by atoms with van der Waals surface area (Å²) in [4.78, 5) is 24.3. The number of carboxylic acids is 1. The molecule has 1 heterocycles. The Balaban J connectivity index is 0.000000858. The van der Waals surface area contributed by atoms with Crippen molar-refractivity contribution >= 4 is 11.8 Å². The number of nitrogens with one attached hydrogen (secondary N) is 1. The molecule has 4 rings (SSSR count). The van der Waals surface area contributed by atoms with Crippen LogP contribution in [0.2, 0.25) is 0 Å². The Morgan fingerprint density at radius 3 is 1.80 bits per heavy atom. The third-order valence-electron chi connectivity index (χ3n) is 8.01. The minimum absolute atomic E-state index is 0.224. The highest BCUT2D eigenvalue weighted by Crippen LogP contribution is 2.18. The maximum atomic E-state index is 12.5. The summed E-state index contributed by atoms with van der Waals surface area (Å²) in [5.74, 6) is -3.73. The summed E-state index contributed by atoms with van der Waals surface area (Å²) in [5, 5.41) is 11.2. The highest BCUT2D eigenvalue weighted by molar-refractivity contribution is 5.96. The van der Waals surface area contributed by atoms with E-state index < -0.39 is 11.9 Å². The molecule has 0 aromatic heterocycles. The van der Waals surface area contributed by atoms with Crippen molar-refractivity contribution < 1.29 is 33.0 Å². The lowest BCUT2D eigenvalue weighted by molar-refractivity contribution is -0.161. The van der Waals surface area contributed by atoms with Gasteiger partial charge < -0.3 is 24.8 Å². The zero-order valence-electron chi connectivity index (χ0n) is 30.5. The normalized spacial score (nSPS) is 13.2. The van der Waals surface area contributed by atoms with Gasteiger partial charge in [-0.15, -0.1) is 0 Å². The Labute approximate surface area is 297 Å². The number of allylic oxidation sites excluding steroid dienone is 1. The number of carbonyl (C=O) groups is 2. The number of ether oxygens (including phenoxy) is 2. The predicted molar refractivity (Wildman–Crippen MR) is 198 cm³/mol. The van der Waals surface area contributed by atoms with E-state index in [-0.39, 0.29) is 5.78 Å². The number of halogens is 2. The van der Waals surface area contributed by atoms with Crippen molar-refractivity contribution in [2.24, 2.45) is 0 Å². The fraction of sp³-hybridized carbons (Fsp3) is 0.463. The van der Waals surface area contributed by atoms with E-state index in [4.69, 9.17) is 14.6 Å². The van der Waals surface area contributed by atoms with E-state index in [2.05, 4.69) is 35.9 Å². The molecular weight excluding hydrogens is 638 g/mol. The molecule has 1 aliphatic heterocycles. The van der Waals surface area contributed by atoms with E-state index in [0.717, 1.165) is 55.0 Å². The number of aryl methyl sites for hydroxylation is 2. The Morgan fingerprint density at radius 1 is 0.840 bits per heavy atom. The highest BCUT2D eigenvalue weighted by Gasteiger charge is 2.31. The van der Waals surface area contributed by atoms with Gasteiger partial charge in [0, 0.05) is 37.2 Å². The Morgan fingerprint density at radius 2 is 1.30 bits per heavy atom. The van der Waals surface area contributed by atoms with Gasteiger partial charge in [-0.05, 0) is 95.3 Å². The van der Waals surface area contributed by atoms with E-state index >= 15 is 0 Å². The molecule has 274 valence electrons. The van der Waals surface area contributed by atoms with Crippen molar-refractivity contribution in [3.8, 4) is 11.5 Å². The van der Waals surface area contributed by atoms with Crippen molar-refractivity contribution in [3.05, 3.63) is 107 Å². The van der Waals surface area contributed by atoms with E-state index in [1.54, 1.807) is 0 Å². The molecule has 1 saturated heterocycles. The van der Waals surface area contributed by atoms with Gasteiger partial charge in [0.15, 0.2) is 5.78 Å². The monoisotopic (exact) mass is 694 g/mol. The average Bonchev–Trinajstić information content (AvgIpc) is 3.61. The first kappa shape index (κ1) is 41.9. The molecular formula is C41H56F2N2O5. The van der Waals surface area contributed by atoms with Gasteiger partial charge >= 0.3 is 11.9 Å². The van der Waals surface area contributed by atoms with E-state index in [0.29, 0.717) is 32.6 Å². The molecule has 2 N–H and O–H groups in total. The number of aliphatic carboxylic acids is 1. The fourth-order valence-electron chi connectivity index (χ4n) is 5.27. The van der Waals surface area contributed by atoms with Crippen LogP contribution in [0.5, 0.6) is 11.5 Å². The summed E-state index contributed by atoms with van der Waals surface area (Å²) in [7, 11) is 0. The number of ketones is 1. The molecule has 0 saturated carbocycles. The molecule has 1 unspecified atom stereocenters. The number of unbranched alkanes of at least 4 members (excludes halogenated alkanes) is 1. The summed E-state index contributed by atoms with van der Waals surface area (Å²) < 4.78 is 34.2. The van der Waals surface area contributed by atoms with Gasteiger partial charge in [-0.2, -0.15) is 8.78 Å². The number of benzene rings is 3. The lowest BCUT2D eigenvalue weighted by atomic mass is 10.0. The van der Waals surface area contributed by atoms with Crippen LogP contribution in [0.4, 0.5) is 8.78 Å². The smallest absolute Gasteiger partial charge is 0.374 e. The fourth-order valence-corrected chi connectivity index (χ4v) is 5.27. The summed E-state index contributed by atoms with van der Waals surface area (Å²) in [6.45, 7) is 17.1. The maximum Gasteiger partial charge on any atom is 0.374 e. The third kappa shape index (κ3) is 16.9. The quantitative estimate of drug-likeness (QED) is 0.101. The number of carboxylic acid groups (broad SMARTS) is 1. The van der Waals surface area contributed by atoms with Gasteiger partial charge in [-0.25, -0.2) is 4.79 Å². The molecule has 50 heavy (non-hydrogen) atoms. The van der Waals surface area contributed by atoms with Crippen LogP contribution in [0.3, 0.4) is 0 Å². The van der Waals surface area contributed by atoms with Gasteiger partial charge in [0.05, 0.1) is 0 Å². The van der Waals surface area contributed by atoms with Gasteiger partial charge in [-0.1, -0.05) is 80.1 Å². The van der Waals surface area contributed by atoms with Crippen LogP contribution in [0, 0.1) is 13.8 Å². The zero-order valence-corrected chi connectivity index (χ0v) is 30.5. The Hall–Kier alpha value is -4.24. The maximum absolute atomic E-state index is 12.5. The minimum Gasteiger partial charge on any atom is -0.490 e. The second-order valence-electron chi connectivity index (χ2n) is 12.5. The third-order valence-corrected chi connectivity index (χ3v) is 8.01. The average molecular weight is 695 g/mol. The molecule has 0 radical (unpaired) electrons. The number of rotatable bonds is 18. The standard InChI is InChI=1S/C36H46N2O3.C3H4F2O2.C2H6/c1-28-10-16-32(17-11-28)36(39)9-5-4-8-30(3)37-33(27-38-22-6-7-23-38)26-31-14-20-35(21-15-31)41-25-24-40-34-18-12-29(2)13-19-34;1-3(4,5)2(6)7;1-2/h10-21,33,37H,3-9,22-27H2,1-2H3;1H3,(H,6,7);1-2H3. The Bertz CT molecular complexity index is 1420. The van der Waals surface area contributed by atoms with Crippen molar-refractivity contribution in [1.82, 2.24) is 10.2 Å². The summed E-state index contributed by atoms with van der Waals surface area (Å²) in [6, 6.07) is 24.7. The number of carbonyl (C=O) groups excluding carboxylic acids is 1. The minimum atomic E-state index is -3.58. The Kier molecular flexibility index (Phi) is 18.8. The first-order valence-corrected chi connectivity index (χ1v) is 17.7. The van der Waals surface area contributed by atoms with Gasteiger partial charge in [0.2, 0.25) is 0 Å². The van der Waals surface area contributed by atoms with Crippen molar-refractivity contribution in [3.63, 3.8) is 0 Å². The van der Waals surface area contributed by atoms with Crippen LogP contribution >= 0.6 is 0 Å². The number of hydrogen-bond donors (Lipinski definition) is 2. The lowest BCUT2D eigenvalue weighted by Crippen LogP contribution is -2.41. The molecule has 9 heteroatoms. The second-order valence-corrected chi connectivity index (χ2v) is 12.5. The molecule has 0 spiro atoms. The molecule has 0 aliphatic carbocycles. The molecule has 1 atom stereocenters. The number of hydrogen-bond acceptors (Lipinski definition) is 6. The van der Waals surface area contributed by atoms with Gasteiger partial charge in [0.25, 0.3) is 0 Å². The molecule has 3 aromatic carbocycles.